The molecule has 130 valence electrons. The third kappa shape index (κ3) is 3.45. The highest BCUT2D eigenvalue weighted by Crippen LogP contribution is 2.32. The van der Waals surface area contributed by atoms with E-state index in [9.17, 15) is 9.65 Å². The van der Waals surface area contributed by atoms with Crippen LogP contribution in [0.5, 0.6) is 11.5 Å². The van der Waals surface area contributed by atoms with E-state index in [-0.39, 0.29) is 5.82 Å². The fourth-order valence-electron chi connectivity index (χ4n) is 2.56. The molecular formula is C21H16FNO3. The van der Waals surface area contributed by atoms with Gasteiger partial charge in [-0.1, -0.05) is 12.1 Å². The van der Waals surface area contributed by atoms with E-state index in [0.29, 0.717) is 39.7 Å². The van der Waals surface area contributed by atoms with E-state index in [0.717, 1.165) is 0 Å². The third-order valence-electron chi connectivity index (χ3n) is 3.87. The van der Waals surface area contributed by atoms with Crippen LogP contribution in [0.2, 0.25) is 0 Å². The highest BCUT2D eigenvalue weighted by atomic mass is 19.1. The number of allylic oxidation sites excluding steroid dienone is 1. The monoisotopic (exact) mass is 349 g/mol. The lowest BCUT2D eigenvalue weighted by Crippen LogP contribution is -1.92. The van der Waals surface area contributed by atoms with Crippen molar-refractivity contribution >= 4 is 11.6 Å². The summed E-state index contributed by atoms with van der Waals surface area (Å²) in [5.41, 5.74) is 1.42. The molecule has 0 unspecified atom stereocenters. The summed E-state index contributed by atoms with van der Waals surface area (Å²) in [5, 5.41) is 9.51. The molecule has 0 aliphatic heterocycles. The Balaban J connectivity index is 1.96. The van der Waals surface area contributed by atoms with Crippen LogP contribution in [0.25, 0.3) is 23.0 Å². The molecule has 0 fully saturated rings. The zero-order valence-corrected chi connectivity index (χ0v) is 14.3. The minimum Gasteiger partial charge on any atom is -0.493 e. The highest BCUT2D eigenvalue weighted by molar-refractivity contribution is 5.89. The Bertz CT molecular complexity index is 998. The minimum absolute atomic E-state index is 0.363. The minimum atomic E-state index is -0.363. The van der Waals surface area contributed by atoms with E-state index in [1.54, 1.807) is 61.7 Å². The van der Waals surface area contributed by atoms with E-state index < -0.39 is 0 Å². The average molecular weight is 349 g/mol. The van der Waals surface area contributed by atoms with E-state index in [1.807, 2.05) is 0 Å². The van der Waals surface area contributed by atoms with Gasteiger partial charge in [0.2, 0.25) is 0 Å². The Morgan fingerprint density at radius 1 is 1.04 bits per heavy atom. The summed E-state index contributed by atoms with van der Waals surface area (Å²) in [5.74, 6) is 1.59. The number of methoxy groups -OCH3 is 2. The lowest BCUT2D eigenvalue weighted by atomic mass is 10.1. The van der Waals surface area contributed by atoms with Crippen molar-refractivity contribution in [2.75, 3.05) is 14.2 Å². The molecule has 3 rings (SSSR count). The molecule has 0 saturated carbocycles. The summed E-state index contributed by atoms with van der Waals surface area (Å²) in [6.45, 7) is 0. The van der Waals surface area contributed by atoms with Gasteiger partial charge in [-0.05, 0) is 54.1 Å². The number of furan rings is 1. The predicted molar refractivity (Wildman–Crippen MR) is 97.1 cm³/mol. The van der Waals surface area contributed by atoms with Gasteiger partial charge in [0.1, 0.15) is 17.3 Å². The number of rotatable bonds is 5. The molecule has 0 aliphatic carbocycles. The standard InChI is InChI=1S/C21H16FNO3/c1-24-20-9-7-14(12-21(20)25-2)15(13-23)11-16-8-10-19(26-16)17-5-3-4-6-18(17)22/h3-12H,1-2H3. The maximum Gasteiger partial charge on any atom is 0.161 e. The van der Waals surface area contributed by atoms with Crippen molar-refractivity contribution in [3.8, 4) is 28.9 Å². The zero-order chi connectivity index (χ0) is 18.5. The topological polar surface area (TPSA) is 55.4 Å². The Morgan fingerprint density at radius 3 is 2.50 bits per heavy atom. The van der Waals surface area contributed by atoms with Gasteiger partial charge in [0, 0.05) is 0 Å². The first-order chi connectivity index (χ1) is 12.7. The first-order valence-electron chi connectivity index (χ1n) is 7.85. The average Bonchev–Trinajstić information content (AvgIpc) is 3.14. The van der Waals surface area contributed by atoms with Crippen molar-refractivity contribution in [1.29, 1.82) is 5.26 Å². The predicted octanol–water partition coefficient (Wildman–Crippen LogP) is 5.17. The largest absolute Gasteiger partial charge is 0.493 e. The molecule has 0 aliphatic rings. The molecule has 0 atom stereocenters. The molecular weight excluding hydrogens is 333 g/mol. The molecule has 3 aromatic rings. The Hall–Kier alpha value is -3.52. The first-order valence-corrected chi connectivity index (χ1v) is 7.85. The van der Waals surface area contributed by atoms with Gasteiger partial charge in [-0.3, -0.25) is 0 Å². The molecule has 0 spiro atoms. The molecule has 0 amide bonds. The number of nitrogens with zero attached hydrogens (tertiary/aromatic N) is 1. The molecule has 4 nitrogen and oxygen atoms in total. The third-order valence-corrected chi connectivity index (χ3v) is 3.87. The van der Waals surface area contributed by atoms with E-state index in [1.165, 1.54) is 13.2 Å². The van der Waals surface area contributed by atoms with Crippen molar-refractivity contribution in [3.63, 3.8) is 0 Å². The Labute approximate surface area is 150 Å². The number of nitriles is 1. The van der Waals surface area contributed by atoms with Gasteiger partial charge in [-0.25, -0.2) is 4.39 Å². The van der Waals surface area contributed by atoms with Crippen LogP contribution in [0, 0.1) is 17.1 Å². The van der Waals surface area contributed by atoms with Crippen LogP contribution in [0.1, 0.15) is 11.3 Å². The smallest absolute Gasteiger partial charge is 0.161 e. The lowest BCUT2D eigenvalue weighted by Gasteiger charge is -2.08. The van der Waals surface area contributed by atoms with Gasteiger partial charge in [0.05, 0.1) is 31.4 Å². The second-order valence-corrected chi connectivity index (χ2v) is 5.42. The van der Waals surface area contributed by atoms with Crippen molar-refractivity contribution < 1.29 is 18.3 Å². The number of hydrogen-bond acceptors (Lipinski definition) is 4. The summed E-state index contributed by atoms with van der Waals surface area (Å²) in [4.78, 5) is 0. The lowest BCUT2D eigenvalue weighted by molar-refractivity contribution is 0.355. The quantitative estimate of drug-likeness (QED) is 0.597. The van der Waals surface area contributed by atoms with E-state index in [4.69, 9.17) is 13.9 Å². The first kappa shape index (κ1) is 17.3. The number of benzene rings is 2. The van der Waals surface area contributed by atoms with Gasteiger partial charge in [-0.15, -0.1) is 0 Å². The molecule has 0 bridgehead atoms. The fraction of sp³-hybridized carbons (Fsp3) is 0.0952. The number of ether oxygens (including phenoxy) is 2. The maximum absolute atomic E-state index is 13.9. The molecule has 5 heteroatoms. The van der Waals surface area contributed by atoms with Gasteiger partial charge in [0.25, 0.3) is 0 Å². The molecule has 0 N–H and O–H groups in total. The van der Waals surface area contributed by atoms with Gasteiger partial charge in [-0.2, -0.15) is 5.26 Å². The molecule has 0 radical (unpaired) electrons. The summed E-state index contributed by atoms with van der Waals surface area (Å²) in [6, 6.07) is 17.1. The summed E-state index contributed by atoms with van der Waals surface area (Å²) < 4.78 is 30.0. The fourth-order valence-corrected chi connectivity index (χ4v) is 2.56. The summed E-state index contributed by atoms with van der Waals surface area (Å²) in [7, 11) is 3.08. The number of hydrogen-bond donors (Lipinski definition) is 0. The van der Waals surface area contributed by atoms with Gasteiger partial charge in [0.15, 0.2) is 11.5 Å². The van der Waals surface area contributed by atoms with E-state index in [2.05, 4.69) is 6.07 Å². The highest BCUT2D eigenvalue weighted by Gasteiger charge is 2.11. The van der Waals surface area contributed by atoms with Crippen molar-refractivity contribution in [3.05, 3.63) is 71.7 Å². The van der Waals surface area contributed by atoms with Gasteiger partial charge >= 0.3 is 0 Å². The maximum atomic E-state index is 13.9. The van der Waals surface area contributed by atoms with Crippen LogP contribution in [0.3, 0.4) is 0 Å². The normalized spacial score (nSPS) is 11.1. The van der Waals surface area contributed by atoms with Crippen molar-refractivity contribution in [1.82, 2.24) is 0 Å². The molecule has 1 heterocycles. The molecule has 2 aromatic carbocycles. The molecule has 26 heavy (non-hydrogen) atoms. The van der Waals surface area contributed by atoms with E-state index >= 15 is 0 Å². The van der Waals surface area contributed by atoms with Crippen LogP contribution >= 0.6 is 0 Å². The summed E-state index contributed by atoms with van der Waals surface area (Å²) >= 11 is 0. The van der Waals surface area contributed by atoms with Crippen molar-refractivity contribution in [2.24, 2.45) is 0 Å². The SMILES string of the molecule is COc1ccc(C(C#N)=Cc2ccc(-c3ccccc3F)o2)cc1OC. The van der Waals surface area contributed by atoms with Crippen LogP contribution in [0.4, 0.5) is 4.39 Å². The van der Waals surface area contributed by atoms with Gasteiger partial charge < -0.3 is 13.9 Å². The molecule has 1 aromatic heterocycles. The summed E-state index contributed by atoms with van der Waals surface area (Å²) in [6.07, 6.45) is 1.60. The second-order valence-electron chi connectivity index (χ2n) is 5.42. The van der Waals surface area contributed by atoms with Crippen molar-refractivity contribution in [2.45, 2.75) is 0 Å². The zero-order valence-electron chi connectivity index (χ0n) is 14.3. The Morgan fingerprint density at radius 2 is 1.81 bits per heavy atom. The van der Waals surface area contributed by atoms with Crippen LogP contribution in [-0.2, 0) is 0 Å². The second kappa shape index (κ2) is 7.58. The number of halogens is 1. The van der Waals surface area contributed by atoms with Crippen LogP contribution < -0.4 is 9.47 Å². The van der Waals surface area contributed by atoms with Crippen LogP contribution in [-0.4, -0.2) is 14.2 Å². The van der Waals surface area contributed by atoms with Crippen LogP contribution in [0.15, 0.2) is 59.0 Å². The Kier molecular flexibility index (Phi) is 5.04. The molecule has 0 saturated heterocycles.